The number of pyridine rings is 1. The van der Waals surface area contributed by atoms with Crippen LogP contribution < -0.4 is 5.32 Å². The summed E-state index contributed by atoms with van der Waals surface area (Å²) in [6, 6.07) is 2.30. The van der Waals surface area contributed by atoms with Gasteiger partial charge in [-0.25, -0.2) is 4.98 Å². The summed E-state index contributed by atoms with van der Waals surface area (Å²) < 4.78 is 2.17. The third kappa shape index (κ3) is 1.72. The monoisotopic (exact) mass is 244 g/mol. The van der Waals surface area contributed by atoms with Gasteiger partial charge in [0.25, 0.3) is 0 Å². The number of aromatic nitrogens is 3. The highest BCUT2D eigenvalue weighted by Gasteiger charge is 2.35. The van der Waals surface area contributed by atoms with Crippen molar-refractivity contribution in [3.8, 4) is 0 Å². The fraction of sp³-hybridized carbons (Fsp3) is 0.571. The third-order valence-electron chi connectivity index (χ3n) is 4.10. The van der Waals surface area contributed by atoms with Gasteiger partial charge in [0.15, 0.2) is 0 Å². The summed E-state index contributed by atoms with van der Waals surface area (Å²) in [7, 11) is 2.08. The van der Waals surface area contributed by atoms with Crippen molar-refractivity contribution in [2.45, 2.75) is 32.7 Å². The predicted molar refractivity (Wildman–Crippen MR) is 72.3 cm³/mol. The lowest BCUT2D eigenvalue weighted by Gasteiger charge is -2.38. The SMILES string of the molecule is Cn1c(C2NCCCC2(C)C)nc2ccncc21. The topological polar surface area (TPSA) is 42.7 Å². The van der Waals surface area contributed by atoms with E-state index in [1.807, 2.05) is 12.3 Å². The first-order valence-corrected chi connectivity index (χ1v) is 6.59. The maximum Gasteiger partial charge on any atom is 0.127 e. The summed E-state index contributed by atoms with van der Waals surface area (Å²) in [5.74, 6) is 1.13. The second-order valence-corrected chi connectivity index (χ2v) is 5.87. The van der Waals surface area contributed by atoms with E-state index in [9.17, 15) is 0 Å². The van der Waals surface area contributed by atoms with E-state index in [4.69, 9.17) is 4.98 Å². The molecule has 1 aliphatic rings. The zero-order valence-corrected chi connectivity index (χ0v) is 11.3. The highest BCUT2D eigenvalue weighted by atomic mass is 15.1. The van der Waals surface area contributed by atoms with Crippen LogP contribution in [0, 0.1) is 5.41 Å². The Kier molecular flexibility index (Phi) is 2.63. The first-order valence-electron chi connectivity index (χ1n) is 6.59. The summed E-state index contributed by atoms with van der Waals surface area (Å²) in [6.45, 7) is 5.72. The lowest BCUT2D eigenvalue weighted by molar-refractivity contribution is 0.172. The number of hydrogen-bond donors (Lipinski definition) is 1. The molecule has 3 rings (SSSR count). The van der Waals surface area contributed by atoms with Gasteiger partial charge in [0.05, 0.1) is 23.3 Å². The highest BCUT2D eigenvalue weighted by Crippen LogP contribution is 2.40. The normalized spacial score (nSPS) is 23.4. The van der Waals surface area contributed by atoms with Crippen molar-refractivity contribution in [3.05, 3.63) is 24.3 Å². The molecule has 0 aliphatic carbocycles. The van der Waals surface area contributed by atoms with Crippen LogP contribution in [0.2, 0.25) is 0 Å². The molecule has 2 aromatic rings. The minimum atomic E-state index is 0.251. The molecule has 0 amide bonds. The van der Waals surface area contributed by atoms with E-state index in [-0.39, 0.29) is 5.41 Å². The molecule has 4 heteroatoms. The van der Waals surface area contributed by atoms with Gasteiger partial charge in [0.1, 0.15) is 5.82 Å². The molecule has 1 N–H and O–H groups in total. The molecule has 0 saturated carbocycles. The van der Waals surface area contributed by atoms with Gasteiger partial charge in [-0.2, -0.15) is 0 Å². The molecule has 0 bridgehead atoms. The molecule has 1 aliphatic heterocycles. The van der Waals surface area contributed by atoms with Crippen LogP contribution in [0.5, 0.6) is 0 Å². The first-order chi connectivity index (χ1) is 8.59. The van der Waals surface area contributed by atoms with E-state index in [0.717, 1.165) is 23.4 Å². The Morgan fingerprint density at radius 1 is 1.44 bits per heavy atom. The Balaban J connectivity index is 2.11. The molecule has 1 saturated heterocycles. The largest absolute Gasteiger partial charge is 0.329 e. The molecule has 1 unspecified atom stereocenters. The van der Waals surface area contributed by atoms with E-state index in [1.54, 1.807) is 6.20 Å². The average Bonchev–Trinajstić information content (AvgIpc) is 2.67. The van der Waals surface area contributed by atoms with Crippen LogP contribution >= 0.6 is 0 Å². The predicted octanol–water partition coefficient (Wildman–Crippen LogP) is 2.42. The van der Waals surface area contributed by atoms with Crippen molar-refractivity contribution in [1.82, 2.24) is 19.9 Å². The molecule has 18 heavy (non-hydrogen) atoms. The molecule has 96 valence electrons. The quantitative estimate of drug-likeness (QED) is 0.837. The van der Waals surface area contributed by atoms with Crippen LogP contribution in [0.4, 0.5) is 0 Å². The molecule has 4 nitrogen and oxygen atoms in total. The fourth-order valence-electron chi connectivity index (χ4n) is 2.96. The van der Waals surface area contributed by atoms with Crippen LogP contribution in [-0.4, -0.2) is 21.1 Å². The van der Waals surface area contributed by atoms with Crippen LogP contribution in [0.1, 0.15) is 38.6 Å². The maximum atomic E-state index is 4.79. The van der Waals surface area contributed by atoms with E-state index >= 15 is 0 Å². The van der Waals surface area contributed by atoms with Gasteiger partial charge in [0, 0.05) is 13.2 Å². The Bertz CT molecular complexity index is 570. The molecule has 0 radical (unpaired) electrons. The van der Waals surface area contributed by atoms with E-state index in [0.29, 0.717) is 6.04 Å². The van der Waals surface area contributed by atoms with Crippen molar-refractivity contribution in [1.29, 1.82) is 0 Å². The standard InChI is InChI=1S/C14H20N4/c1-14(2)6-4-7-16-12(14)13-17-10-5-8-15-9-11(10)18(13)3/h5,8-9,12,16H,4,6-7H2,1-3H3. The summed E-state index contributed by atoms with van der Waals surface area (Å²) in [5.41, 5.74) is 2.39. The summed E-state index contributed by atoms with van der Waals surface area (Å²) >= 11 is 0. The number of aryl methyl sites for hydroxylation is 1. The van der Waals surface area contributed by atoms with E-state index in [1.165, 1.54) is 12.8 Å². The van der Waals surface area contributed by atoms with Crippen LogP contribution in [0.15, 0.2) is 18.5 Å². The van der Waals surface area contributed by atoms with Crippen molar-refractivity contribution < 1.29 is 0 Å². The average molecular weight is 244 g/mol. The van der Waals surface area contributed by atoms with E-state index in [2.05, 4.69) is 35.8 Å². The Morgan fingerprint density at radius 3 is 3.00 bits per heavy atom. The Morgan fingerprint density at radius 2 is 2.28 bits per heavy atom. The molecule has 0 aromatic carbocycles. The van der Waals surface area contributed by atoms with Crippen LogP contribution in [0.25, 0.3) is 11.0 Å². The molecule has 1 atom stereocenters. The smallest absolute Gasteiger partial charge is 0.127 e. The van der Waals surface area contributed by atoms with Crippen LogP contribution in [-0.2, 0) is 7.05 Å². The third-order valence-corrected chi connectivity index (χ3v) is 4.10. The number of imidazole rings is 1. The van der Waals surface area contributed by atoms with Crippen molar-refractivity contribution >= 4 is 11.0 Å². The summed E-state index contributed by atoms with van der Waals surface area (Å²) in [5, 5.41) is 3.62. The molecule has 1 fully saturated rings. The molecular weight excluding hydrogens is 224 g/mol. The second kappa shape index (κ2) is 4.05. The molecular formula is C14H20N4. The molecule has 0 spiro atoms. The van der Waals surface area contributed by atoms with Gasteiger partial charge < -0.3 is 9.88 Å². The number of rotatable bonds is 1. The van der Waals surface area contributed by atoms with Gasteiger partial charge in [0.2, 0.25) is 0 Å². The molecule has 2 aromatic heterocycles. The van der Waals surface area contributed by atoms with Gasteiger partial charge in [-0.3, -0.25) is 4.98 Å². The lowest BCUT2D eigenvalue weighted by atomic mass is 9.77. The van der Waals surface area contributed by atoms with Gasteiger partial charge in [-0.05, 0) is 30.9 Å². The van der Waals surface area contributed by atoms with Gasteiger partial charge in [-0.1, -0.05) is 13.8 Å². The van der Waals surface area contributed by atoms with Crippen LogP contribution in [0.3, 0.4) is 0 Å². The summed E-state index contributed by atoms with van der Waals surface area (Å²) in [4.78, 5) is 8.98. The maximum absolute atomic E-state index is 4.79. The Labute approximate surface area is 107 Å². The zero-order valence-electron chi connectivity index (χ0n) is 11.3. The fourth-order valence-corrected chi connectivity index (χ4v) is 2.96. The van der Waals surface area contributed by atoms with Crippen molar-refractivity contribution in [3.63, 3.8) is 0 Å². The second-order valence-electron chi connectivity index (χ2n) is 5.87. The van der Waals surface area contributed by atoms with Gasteiger partial charge >= 0.3 is 0 Å². The number of nitrogens with one attached hydrogen (secondary N) is 1. The highest BCUT2D eigenvalue weighted by molar-refractivity contribution is 5.74. The number of hydrogen-bond acceptors (Lipinski definition) is 3. The minimum Gasteiger partial charge on any atom is -0.329 e. The van der Waals surface area contributed by atoms with Crippen molar-refractivity contribution in [2.24, 2.45) is 12.5 Å². The Hall–Kier alpha value is -1.42. The molecule has 3 heterocycles. The first kappa shape index (κ1) is 11.7. The lowest BCUT2D eigenvalue weighted by Crippen LogP contribution is -2.41. The number of fused-ring (bicyclic) bond motifs is 1. The van der Waals surface area contributed by atoms with E-state index < -0.39 is 0 Å². The zero-order chi connectivity index (χ0) is 12.8. The van der Waals surface area contributed by atoms with Gasteiger partial charge in [-0.15, -0.1) is 0 Å². The number of piperidine rings is 1. The summed E-state index contributed by atoms with van der Waals surface area (Å²) in [6.07, 6.45) is 6.18. The van der Waals surface area contributed by atoms with Crippen molar-refractivity contribution in [2.75, 3.05) is 6.54 Å². The number of nitrogens with zero attached hydrogens (tertiary/aromatic N) is 3. The minimum absolute atomic E-state index is 0.251.